The summed E-state index contributed by atoms with van der Waals surface area (Å²) in [7, 11) is 0. The molecule has 3 atom stereocenters. The van der Waals surface area contributed by atoms with E-state index in [0.717, 1.165) is 25.0 Å². The zero-order valence-corrected chi connectivity index (χ0v) is 12.0. The number of aliphatic carboxylic acids is 1. The van der Waals surface area contributed by atoms with E-state index in [-0.39, 0.29) is 12.0 Å². The summed E-state index contributed by atoms with van der Waals surface area (Å²) in [6.45, 7) is 2.88. The van der Waals surface area contributed by atoms with Crippen LogP contribution in [0.3, 0.4) is 0 Å². The average molecular weight is 295 g/mol. The molecule has 1 aliphatic heterocycles. The molecule has 2 fully saturated rings. The van der Waals surface area contributed by atoms with Crippen molar-refractivity contribution >= 4 is 5.97 Å². The van der Waals surface area contributed by atoms with Crippen LogP contribution >= 0.6 is 0 Å². The Labute approximate surface area is 122 Å². The first kappa shape index (κ1) is 14.4. The molecule has 0 amide bonds. The Hall–Kier alpha value is -1.49. The molecule has 3 nitrogen and oxygen atoms in total. The minimum atomic E-state index is -0.751. The second-order valence-electron chi connectivity index (χ2n) is 6.32. The van der Waals surface area contributed by atoms with Gasteiger partial charge >= 0.3 is 5.97 Å². The zero-order valence-electron chi connectivity index (χ0n) is 12.0. The number of carbonyl (C=O) groups is 1. The predicted octanol–water partition coefficient (Wildman–Crippen LogP) is 3.21. The smallest absolute Gasteiger partial charge is 0.311 e. The van der Waals surface area contributed by atoms with E-state index in [1.807, 2.05) is 11.8 Å². The molecule has 1 N–H and O–H groups in total. The number of benzene rings is 1. The first-order chi connectivity index (χ1) is 9.94. The third kappa shape index (κ3) is 2.24. The Bertz CT molecular complexity index is 577. The summed E-state index contributed by atoms with van der Waals surface area (Å²) in [6, 6.07) is 3.12. The van der Waals surface area contributed by atoms with Gasteiger partial charge in [-0.15, -0.1) is 0 Å². The van der Waals surface area contributed by atoms with Gasteiger partial charge in [0.1, 0.15) is 11.6 Å². The number of hydrogen-bond donors (Lipinski definition) is 1. The Balaban J connectivity index is 1.86. The summed E-state index contributed by atoms with van der Waals surface area (Å²) < 4.78 is 27.3. The minimum Gasteiger partial charge on any atom is -0.481 e. The van der Waals surface area contributed by atoms with Crippen molar-refractivity contribution in [3.8, 4) is 0 Å². The number of carboxylic acid groups (broad SMARTS) is 1. The van der Waals surface area contributed by atoms with Crippen molar-refractivity contribution < 1.29 is 18.7 Å². The second kappa shape index (κ2) is 5.05. The number of nitrogens with zero attached hydrogens (tertiary/aromatic N) is 1. The van der Waals surface area contributed by atoms with E-state index < -0.39 is 23.0 Å². The van der Waals surface area contributed by atoms with Crippen LogP contribution in [0, 0.1) is 23.0 Å². The summed E-state index contributed by atoms with van der Waals surface area (Å²) in [5.74, 6) is -1.54. The lowest BCUT2D eigenvalue weighted by Crippen LogP contribution is -2.36. The van der Waals surface area contributed by atoms with Crippen LogP contribution in [0.25, 0.3) is 0 Å². The standard InChI is InChI=1S/C16H19F2NO2/c1-10(13-7-12(17)4-5-14(13)18)19-8-11-3-2-6-16(11,9-19)15(20)21/h4-5,7,10-11H,2-3,6,8-9H2,1H3,(H,20,21)/t10?,11-,16+/m0/s1. The fourth-order valence-corrected chi connectivity index (χ4v) is 4.00. The molecule has 2 aliphatic rings. The molecule has 1 aromatic carbocycles. The average Bonchev–Trinajstić information content (AvgIpc) is 2.98. The van der Waals surface area contributed by atoms with Gasteiger partial charge in [0.05, 0.1) is 5.41 Å². The first-order valence-corrected chi connectivity index (χ1v) is 7.36. The number of fused-ring (bicyclic) bond motifs is 1. The van der Waals surface area contributed by atoms with Gasteiger partial charge in [-0.25, -0.2) is 8.78 Å². The van der Waals surface area contributed by atoms with Crippen molar-refractivity contribution in [3.05, 3.63) is 35.4 Å². The van der Waals surface area contributed by atoms with Gasteiger partial charge < -0.3 is 5.11 Å². The highest BCUT2D eigenvalue weighted by Crippen LogP contribution is 2.50. The first-order valence-electron chi connectivity index (χ1n) is 7.36. The Morgan fingerprint density at radius 2 is 2.24 bits per heavy atom. The van der Waals surface area contributed by atoms with Crippen LogP contribution in [-0.4, -0.2) is 29.1 Å². The third-order valence-corrected chi connectivity index (χ3v) is 5.28. The van der Waals surface area contributed by atoms with E-state index in [2.05, 4.69) is 0 Å². The highest BCUT2D eigenvalue weighted by atomic mass is 19.1. The number of halogens is 2. The van der Waals surface area contributed by atoms with Crippen LogP contribution in [0.5, 0.6) is 0 Å². The van der Waals surface area contributed by atoms with Crippen molar-refractivity contribution in [3.63, 3.8) is 0 Å². The summed E-state index contributed by atoms with van der Waals surface area (Å²) in [4.78, 5) is 13.7. The molecular weight excluding hydrogens is 276 g/mol. The van der Waals surface area contributed by atoms with Crippen LogP contribution in [0.1, 0.15) is 37.8 Å². The molecule has 1 unspecified atom stereocenters. The predicted molar refractivity (Wildman–Crippen MR) is 73.8 cm³/mol. The molecule has 0 bridgehead atoms. The molecule has 1 aromatic rings. The lowest BCUT2D eigenvalue weighted by atomic mass is 9.81. The van der Waals surface area contributed by atoms with E-state index in [1.165, 1.54) is 6.07 Å². The van der Waals surface area contributed by atoms with Gasteiger partial charge in [-0.05, 0) is 43.9 Å². The second-order valence-corrected chi connectivity index (χ2v) is 6.32. The zero-order chi connectivity index (χ0) is 15.2. The fraction of sp³-hybridized carbons (Fsp3) is 0.562. The molecule has 1 saturated heterocycles. The number of hydrogen-bond acceptors (Lipinski definition) is 2. The van der Waals surface area contributed by atoms with Gasteiger partial charge in [-0.3, -0.25) is 9.69 Å². The van der Waals surface area contributed by atoms with Crippen LogP contribution in [0.15, 0.2) is 18.2 Å². The van der Waals surface area contributed by atoms with Gasteiger partial charge in [-0.1, -0.05) is 6.42 Å². The quantitative estimate of drug-likeness (QED) is 0.931. The molecule has 1 saturated carbocycles. The van der Waals surface area contributed by atoms with Crippen molar-refractivity contribution in [1.82, 2.24) is 4.90 Å². The van der Waals surface area contributed by atoms with E-state index in [0.29, 0.717) is 25.1 Å². The molecule has 1 heterocycles. The van der Waals surface area contributed by atoms with Crippen LogP contribution in [-0.2, 0) is 4.79 Å². The van der Waals surface area contributed by atoms with E-state index >= 15 is 0 Å². The van der Waals surface area contributed by atoms with Crippen molar-refractivity contribution in [2.24, 2.45) is 11.3 Å². The number of likely N-dealkylation sites (tertiary alicyclic amines) is 1. The van der Waals surface area contributed by atoms with Crippen molar-refractivity contribution in [2.45, 2.75) is 32.2 Å². The van der Waals surface area contributed by atoms with Gasteiger partial charge in [-0.2, -0.15) is 0 Å². The van der Waals surface area contributed by atoms with Gasteiger partial charge in [0.25, 0.3) is 0 Å². The summed E-state index contributed by atoms with van der Waals surface area (Å²) >= 11 is 0. The molecule has 1 aliphatic carbocycles. The molecule has 0 spiro atoms. The van der Waals surface area contributed by atoms with Gasteiger partial charge in [0, 0.05) is 24.7 Å². The molecule has 114 valence electrons. The maximum atomic E-state index is 13.9. The fourth-order valence-electron chi connectivity index (χ4n) is 4.00. The van der Waals surface area contributed by atoms with Gasteiger partial charge in [0.2, 0.25) is 0 Å². The maximum Gasteiger partial charge on any atom is 0.311 e. The van der Waals surface area contributed by atoms with E-state index in [1.54, 1.807) is 0 Å². The largest absolute Gasteiger partial charge is 0.481 e. The number of carboxylic acids is 1. The van der Waals surface area contributed by atoms with Crippen LogP contribution in [0.2, 0.25) is 0 Å². The third-order valence-electron chi connectivity index (χ3n) is 5.28. The number of rotatable bonds is 3. The lowest BCUT2D eigenvalue weighted by Gasteiger charge is -2.27. The van der Waals surface area contributed by atoms with Crippen molar-refractivity contribution in [1.29, 1.82) is 0 Å². The van der Waals surface area contributed by atoms with E-state index in [4.69, 9.17) is 0 Å². The molecule has 0 aromatic heterocycles. The van der Waals surface area contributed by atoms with Crippen molar-refractivity contribution in [2.75, 3.05) is 13.1 Å². The van der Waals surface area contributed by atoms with Gasteiger partial charge in [0.15, 0.2) is 0 Å². The molecular formula is C16H19F2NO2. The Morgan fingerprint density at radius 3 is 2.90 bits per heavy atom. The maximum absolute atomic E-state index is 13.9. The molecule has 21 heavy (non-hydrogen) atoms. The Kier molecular flexibility index (Phi) is 3.48. The highest BCUT2D eigenvalue weighted by Gasteiger charge is 2.55. The summed E-state index contributed by atoms with van der Waals surface area (Å²) in [6.07, 6.45) is 2.52. The normalized spacial score (nSPS) is 30.3. The Morgan fingerprint density at radius 1 is 1.48 bits per heavy atom. The SMILES string of the molecule is CC(c1cc(F)ccc1F)N1C[C@@H]2CCC[C@@]2(C(=O)O)C1. The van der Waals surface area contributed by atoms with Crippen LogP contribution < -0.4 is 0 Å². The molecule has 3 rings (SSSR count). The molecule has 5 heteroatoms. The monoisotopic (exact) mass is 295 g/mol. The van der Waals surface area contributed by atoms with Crippen LogP contribution in [0.4, 0.5) is 8.78 Å². The minimum absolute atomic E-state index is 0.120. The summed E-state index contributed by atoms with van der Waals surface area (Å²) in [5.41, 5.74) is -0.395. The topological polar surface area (TPSA) is 40.5 Å². The van der Waals surface area contributed by atoms with E-state index in [9.17, 15) is 18.7 Å². The highest BCUT2D eigenvalue weighted by molar-refractivity contribution is 5.76. The molecule has 0 radical (unpaired) electrons. The lowest BCUT2D eigenvalue weighted by molar-refractivity contribution is -0.149. The summed E-state index contributed by atoms with van der Waals surface area (Å²) in [5, 5.41) is 9.58.